The van der Waals surface area contributed by atoms with Crippen molar-refractivity contribution in [3.05, 3.63) is 53.1 Å². The second-order valence-electron chi connectivity index (χ2n) is 4.54. The van der Waals surface area contributed by atoms with Crippen LogP contribution in [0.2, 0.25) is 0 Å². The summed E-state index contributed by atoms with van der Waals surface area (Å²) in [6, 6.07) is 10.9. The average molecular weight is 243 g/mol. The van der Waals surface area contributed by atoms with Crippen molar-refractivity contribution in [2.75, 3.05) is 5.73 Å². The van der Waals surface area contributed by atoms with Gasteiger partial charge in [0.2, 0.25) is 0 Å². The van der Waals surface area contributed by atoms with Gasteiger partial charge in [0.25, 0.3) is 0 Å². The maximum Gasteiger partial charge on any atom is 0.125 e. The van der Waals surface area contributed by atoms with E-state index in [1.165, 1.54) is 0 Å². The highest BCUT2D eigenvalue weighted by molar-refractivity contribution is 5.52. The molecule has 0 aliphatic heterocycles. The summed E-state index contributed by atoms with van der Waals surface area (Å²) in [6.07, 6.45) is 0. The third kappa shape index (κ3) is 2.12. The Kier molecular flexibility index (Phi) is 3.15. The maximum atomic E-state index is 10.1. The Morgan fingerprint density at radius 2 is 1.83 bits per heavy atom. The smallest absolute Gasteiger partial charge is 0.125 e. The van der Waals surface area contributed by atoms with Crippen molar-refractivity contribution >= 4 is 5.69 Å². The average Bonchev–Trinajstić information content (AvgIpc) is 2.35. The molecule has 0 saturated heterocycles. The lowest BCUT2D eigenvalue weighted by Crippen LogP contribution is -1.98. The van der Waals surface area contributed by atoms with Crippen LogP contribution in [0.3, 0.4) is 0 Å². The first kappa shape index (κ1) is 12.3. The second-order valence-corrected chi connectivity index (χ2v) is 4.54. The van der Waals surface area contributed by atoms with E-state index in [-0.39, 0.29) is 17.4 Å². The normalized spacial score (nSPS) is 12.3. The molecule has 2 rings (SSSR count). The molecule has 2 aromatic rings. The van der Waals surface area contributed by atoms with Gasteiger partial charge in [-0.25, -0.2) is 0 Å². The minimum atomic E-state index is 0.0211. The van der Waals surface area contributed by atoms with Crippen LogP contribution in [-0.4, -0.2) is 10.2 Å². The van der Waals surface area contributed by atoms with Gasteiger partial charge in [0.15, 0.2) is 0 Å². The molecule has 18 heavy (non-hydrogen) atoms. The van der Waals surface area contributed by atoms with Gasteiger partial charge in [0.1, 0.15) is 11.5 Å². The SMILES string of the molecule is Cc1c(O)ccc(C(C)c2cccc(N)c2)c1O. The first-order valence-electron chi connectivity index (χ1n) is 5.87. The minimum Gasteiger partial charge on any atom is -0.508 e. The van der Waals surface area contributed by atoms with Crippen LogP contribution in [0.4, 0.5) is 5.69 Å². The minimum absolute atomic E-state index is 0.0211. The third-order valence-corrected chi connectivity index (χ3v) is 3.31. The maximum absolute atomic E-state index is 10.1. The number of anilines is 1. The molecule has 0 amide bonds. The van der Waals surface area contributed by atoms with Gasteiger partial charge in [0.05, 0.1) is 0 Å². The summed E-state index contributed by atoms with van der Waals surface area (Å²) in [5, 5.41) is 19.6. The molecule has 0 spiro atoms. The van der Waals surface area contributed by atoms with Crippen LogP contribution in [0.1, 0.15) is 29.5 Å². The molecule has 0 heterocycles. The number of phenols is 2. The number of aromatic hydroxyl groups is 2. The molecule has 4 N–H and O–H groups in total. The van der Waals surface area contributed by atoms with Gasteiger partial charge in [-0.05, 0) is 30.7 Å². The summed E-state index contributed by atoms with van der Waals surface area (Å²) in [6.45, 7) is 3.69. The molecule has 0 aliphatic rings. The van der Waals surface area contributed by atoms with E-state index in [1.54, 1.807) is 19.1 Å². The fraction of sp³-hybridized carbons (Fsp3) is 0.200. The second kappa shape index (κ2) is 4.61. The third-order valence-electron chi connectivity index (χ3n) is 3.31. The van der Waals surface area contributed by atoms with Gasteiger partial charge in [-0.3, -0.25) is 0 Å². The van der Waals surface area contributed by atoms with Crippen molar-refractivity contribution in [2.24, 2.45) is 0 Å². The van der Waals surface area contributed by atoms with Crippen molar-refractivity contribution in [3.8, 4) is 11.5 Å². The van der Waals surface area contributed by atoms with Gasteiger partial charge in [-0.15, -0.1) is 0 Å². The molecule has 1 unspecified atom stereocenters. The highest BCUT2D eigenvalue weighted by atomic mass is 16.3. The van der Waals surface area contributed by atoms with Gasteiger partial charge >= 0.3 is 0 Å². The Bertz CT molecular complexity index is 579. The van der Waals surface area contributed by atoms with Crippen molar-refractivity contribution in [1.29, 1.82) is 0 Å². The van der Waals surface area contributed by atoms with Crippen molar-refractivity contribution in [1.82, 2.24) is 0 Å². The molecule has 2 aromatic carbocycles. The number of hydrogen-bond donors (Lipinski definition) is 3. The Morgan fingerprint density at radius 3 is 2.50 bits per heavy atom. The van der Waals surface area contributed by atoms with Crippen LogP contribution in [-0.2, 0) is 0 Å². The molecule has 1 atom stereocenters. The molecule has 0 radical (unpaired) electrons. The van der Waals surface area contributed by atoms with Crippen LogP contribution < -0.4 is 5.73 Å². The van der Waals surface area contributed by atoms with Gasteiger partial charge in [-0.1, -0.05) is 25.1 Å². The van der Waals surface area contributed by atoms with E-state index >= 15 is 0 Å². The van der Waals surface area contributed by atoms with E-state index in [0.29, 0.717) is 11.3 Å². The molecule has 0 fully saturated rings. The lowest BCUT2D eigenvalue weighted by molar-refractivity contribution is 0.437. The van der Waals surface area contributed by atoms with E-state index in [0.717, 1.165) is 11.1 Å². The number of rotatable bonds is 2. The summed E-state index contributed by atoms with van der Waals surface area (Å²) < 4.78 is 0. The summed E-state index contributed by atoms with van der Waals surface area (Å²) in [7, 11) is 0. The highest BCUT2D eigenvalue weighted by Gasteiger charge is 2.15. The lowest BCUT2D eigenvalue weighted by Gasteiger charge is -2.16. The number of phenolic OH excluding ortho intramolecular Hbond substituents is 2. The Hall–Kier alpha value is -2.16. The molecular weight excluding hydrogens is 226 g/mol. The van der Waals surface area contributed by atoms with E-state index in [1.807, 2.05) is 31.2 Å². The monoisotopic (exact) mass is 243 g/mol. The van der Waals surface area contributed by atoms with Gasteiger partial charge < -0.3 is 15.9 Å². The Morgan fingerprint density at radius 1 is 1.11 bits per heavy atom. The predicted molar refractivity (Wildman–Crippen MR) is 72.9 cm³/mol. The summed E-state index contributed by atoms with van der Waals surface area (Å²) >= 11 is 0. The van der Waals surface area contributed by atoms with Gasteiger partial charge in [-0.2, -0.15) is 0 Å². The zero-order valence-corrected chi connectivity index (χ0v) is 10.5. The van der Waals surface area contributed by atoms with Crippen LogP contribution in [0, 0.1) is 6.92 Å². The number of nitrogens with two attached hydrogens (primary N) is 1. The predicted octanol–water partition coefficient (Wildman–Crippen LogP) is 3.14. The first-order valence-corrected chi connectivity index (χ1v) is 5.87. The quantitative estimate of drug-likeness (QED) is 0.710. The zero-order chi connectivity index (χ0) is 13.3. The summed E-state index contributed by atoms with van der Waals surface area (Å²) in [4.78, 5) is 0. The Labute approximate surface area is 107 Å². The van der Waals surface area contributed by atoms with E-state index in [2.05, 4.69) is 0 Å². The molecular formula is C15H17NO2. The van der Waals surface area contributed by atoms with Crippen molar-refractivity contribution in [2.45, 2.75) is 19.8 Å². The molecule has 94 valence electrons. The molecule has 0 bridgehead atoms. The standard InChI is InChI=1S/C15H17NO2/c1-9(11-4-3-5-12(16)8-11)13-6-7-14(17)10(2)15(13)18/h3-9,17-18H,16H2,1-2H3. The van der Waals surface area contributed by atoms with E-state index < -0.39 is 0 Å². The Balaban J connectivity index is 2.46. The number of nitrogen functional groups attached to an aromatic ring is 1. The number of benzene rings is 2. The molecule has 0 aromatic heterocycles. The molecule has 0 saturated carbocycles. The lowest BCUT2D eigenvalue weighted by atomic mass is 9.91. The van der Waals surface area contributed by atoms with E-state index in [4.69, 9.17) is 5.73 Å². The van der Waals surface area contributed by atoms with Crippen LogP contribution in [0.25, 0.3) is 0 Å². The zero-order valence-electron chi connectivity index (χ0n) is 10.5. The van der Waals surface area contributed by atoms with Crippen molar-refractivity contribution < 1.29 is 10.2 Å². The van der Waals surface area contributed by atoms with Crippen LogP contribution in [0.5, 0.6) is 11.5 Å². The fourth-order valence-electron chi connectivity index (χ4n) is 2.07. The number of hydrogen-bond acceptors (Lipinski definition) is 3. The summed E-state index contributed by atoms with van der Waals surface area (Å²) in [5.41, 5.74) is 8.80. The van der Waals surface area contributed by atoms with Gasteiger partial charge in [0, 0.05) is 22.7 Å². The highest BCUT2D eigenvalue weighted by Crippen LogP contribution is 2.37. The van der Waals surface area contributed by atoms with Crippen LogP contribution >= 0.6 is 0 Å². The largest absolute Gasteiger partial charge is 0.508 e. The molecule has 3 nitrogen and oxygen atoms in total. The first-order chi connectivity index (χ1) is 8.50. The van der Waals surface area contributed by atoms with Crippen LogP contribution in [0.15, 0.2) is 36.4 Å². The summed E-state index contributed by atoms with van der Waals surface area (Å²) in [5.74, 6) is 0.272. The molecule has 3 heteroatoms. The van der Waals surface area contributed by atoms with E-state index in [9.17, 15) is 10.2 Å². The fourth-order valence-corrected chi connectivity index (χ4v) is 2.07. The molecule has 0 aliphatic carbocycles. The van der Waals surface area contributed by atoms with Crippen molar-refractivity contribution in [3.63, 3.8) is 0 Å². The topological polar surface area (TPSA) is 66.5 Å².